The minimum absolute atomic E-state index is 0.0851. The van der Waals surface area contributed by atoms with Crippen molar-refractivity contribution < 1.29 is 72.5 Å². The van der Waals surface area contributed by atoms with Crippen molar-refractivity contribution in [2.75, 3.05) is 13.2 Å². The number of ether oxygens (including phenoxy) is 5. The molecule has 5 N–H and O–H groups in total. The third-order valence-corrected chi connectivity index (χ3v) is 10.8. The molecule has 1 aromatic rings. The van der Waals surface area contributed by atoms with Gasteiger partial charge in [-0.2, -0.15) is 0 Å². The van der Waals surface area contributed by atoms with E-state index < -0.39 is 113 Å². The predicted molar refractivity (Wildman–Crippen MR) is 200 cm³/mol. The van der Waals surface area contributed by atoms with E-state index in [1.165, 1.54) is 45.9 Å². The van der Waals surface area contributed by atoms with Crippen molar-refractivity contribution in [3.05, 3.63) is 69.8 Å². The van der Waals surface area contributed by atoms with E-state index >= 15 is 0 Å². The molecule has 1 aliphatic heterocycles. The number of carbonyl (C=O) groups excluding carboxylic acids is 5. The van der Waals surface area contributed by atoms with E-state index in [4.69, 9.17) is 23.7 Å². The number of fused-ring (bicyclic) bond motifs is 2. The Morgan fingerprint density at radius 3 is 2.26 bits per heavy atom. The van der Waals surface area contributed by atoms with Crippen molar-refractivity contribution in [3.63, 3.8) is 0 Å². The summed E-state index contributed by atoms with van der Waals surface area (Å²) >= 11 is 0. The number of aliphatic hydroxyl groups excluding tert-OH is 3. The minimum atomic E-state index is -2.44. The third-order valence-electron chi connectivity index (χ3n) is 10.8. The molecule has 0 spiro atoms. The molecule has 0 saturated carbocycles. The van der Waals surface area contributed by atoms with E-state index in [2.05, 4.69) is 5.32 Å². The number of hydrogen-bond acceptors (Lipinski definition) is 14. The summed E-state index contributed by atoms with van der Waals surface area (Å²) in [5.41, 5.74) is -6.90. The second kappa shape index (κ2) is 16.7. The number of Topliss-reactive ketones (excluding diaryl/α,β-unsaturated/α-hetero) is 1. The zero-order valence-corrected chi connectivity index (χ0v) is 33.9. The highest BCUT2D eigenvalue weighted by molar-refractivity contribution is 6.09. The second-order valence-corrected chi connectivity index (χ2v) is 16.6. The van der Waals surface area contributed by atoms with Crippen LogP contribution >= 0.6 is 0 Å². The number of halogens is 1. The van der Waals surface area contributed by atoms with Crippen LogP contribution in [0.5, 0.6) is 0 Å². The van der Waals surface area contributed by atoms with Crippen LogP contribution in [0.2, 0.25) is 0 Å². The van der Waals surface area contributed by atoms with Crippen LogP contribution < -0.4 is 5.32 Å². The lowest BCUT2D eigenvalue weighted by Gasteiger charge is -2.60. The zero-order chi connectivity index (χ0) is 43.0. The van der Waals surface area contributed by atoms with Gasteiger partial charge in [-0.25, -0.2) is 18.8 Å². The van der Waals surface area contributed by atoms with Crippen molar-refractivity contribution in [3.8, 4) is 0 Å². The smallest absolute Gasteiger partial charge is 0.408 e. The first-order valence-electron chi connectivity index (χ1n) is 18.6. The molecule has 1 aromatic carbocycles. The van der Waals surface area contributed by atoms with Gasteiger partial charge in [-0.15, -0.1) is 0 Å². The molecule has 0 radical (unpaired) electrons. The van der Waals surface area contributed by atoms with Gasteiger partial charge in [0.1, 0.15) is 35.3 Å². The Morgan fingerprint density at radius 2 is 1.74 bits per heavy atom. The van der Waals surface area contributed by atoms with Crippen molar-refractivity contribution in [1.29, 1.82) is 0 Å². The normalized spacial score (nSPS) is 28.1. The molecule has 4 rings (SSSR count). The topological polar surface area (TPSA) is 224 Å². The lowest BCUT2D eigenvalue weighted by molar-refractivity contribution is -0.295. The summed E-state index contributed by atoms with van der Waals surface area (Å²) in [4.78, 5) is 67.7. The Morgan fingerprint density at radius 1 is 1.09 bits per heavy atom. The molecule has 0 unspecified atom stereocenters. The van der Waals surface area contributed by atoms with Crippen LogP contribution in [0.4, 0.5) is 9.18 Å². The third kappa shape index (κ3) is 8.93. The fourth-order valence-electron chi connectivity index (χ4n) is 8.06. The number of benzene rings is 1. The van der Waals surface area contributed by atoms with E-state index in [9.17, 15) is 48.8 Å². The van der Waals surface area contributed by atoms with Gasteiger partial charge in [-0.3, -0.25) is 9.59 Å². The highest BCUT2D eigenvalue weighted by atomic mass is 19.1. The van der Waals surface area contributed by atoms with Gasteiger partial charge in [0.2, 0.25) is 5.78 Å². The molecule has 1 fully saturated rings. The van der Waals surface area contributed by atoms with Crippen LogP contribution in [0.25, 0.3) is 0 Å². The Balaban J connectivity index is 1.93. The lowest BCUT2D eigenvalue weighted by Crippen LogP contribution is -2.73. The largest absolute Gasteiger partial charge is 0.504 e. The average Bonchev–Trinajstić information content (AvgIpc) is 3.08. The van der Waals surface area contributed by atoms with E-state index in [0.717, 1.165) is 19.1 Å². The number of nitrogens with one attached hydrogen (secondary N) is 1. The molecule has 2 bridgehead atoms. The summed E-state index contributed by atoms with van der Waals surface area (Å²) in [6.07, 6.45) is -6.79. The first-order valence-corrected chi connectivity index (χ1v) is 18.6. The molecule has 0 aromatic heterocycles. The molecule has 16 heteroatoms. The molecule has 1 heterocycles. The van der Waals surface area contributed by atoms with E-state index in [0.29, 0.717) is 5.57 Å². The lowest BCUT2D eigenvalue weighted by atomic mass is 9.53. The van der Waals surface area contributed by atoms with Gasteiger partial charge in [-0.1, -0.05) is 31.6 Å². The van der Waals surface area contributed by atoms with E-state index in [-0.39, 0.29) is 35.3 Å². The van der Waals surface area contributed by atoms with Gasteiger partial charge in [0.25, 0.3) is 0 Å². The van der Waals surface area contributed by atoms with Crippen molar-refractivity contribution >= 4 is 29.8 Å². The number of hydrogen-bond donors (Lipinski definition) is 5. The average molecular weight is 804 g/mol. The standard InChI is InChI=1S/C41H54FNO14/c1-20(2)16-26(43-37(51)57-38(6,7)8)32(47)36(50)54-27-18-41(52)34(55-35(49)24-12-11-13-25(42)17-24)30(40(56-23(5)45)19-53-28(40)14-15-44)22(4)31(46)33(48)29(21(27)3)39(41,9)10/h11-13,16-17,26-28,30,32,34,44,46-47,52H,14-15,18-19H2,1-10H3,(H,43,51)/t26-,27-,28+,30+,32+,34-,40-,41+/m0/s1. The van der Waals surface area contributed by atoms with Crippen LogP contribution in [0.3, 0.4) is 0 Å². The molecule has 8 atom stereocenters. The maximum atomic E-state index is 14.4. The number of alkyl carbamates (subject to hydrolysis) is 1. The second-order valence-electron chi connectivity index (χ2n) is 16.6. The number of ketones is 1. The first-order chi connectivity index (χ1) is 26.3. The maximum absolute atomic E-state index is 14.4. The van der Waals surface area contributed by atoms with Gasteiger partial charge in [-0.05, 0) is 77.8 Å². The molecule has 57 heavy (non-hydrogen) atoms. The first kappa shape index (κ1) is 45.1. The molecule has 3 aliphatic rings. The number of carbonyl (C=O) groups is 5. The fraction of sp³-hybridized carbons (Fsp3) is 0.585. The molecular weight excluding hydrogens is 749 g/mol. The van der Waals surface area contributed by atoms with Crippen LogP contribution in [0, 0.1) is 17.2 Å². The van der Waals surface area contributed by atoms with Gasteiger partial charge in [0, 0.05) is 37.4 Å². The van der Waals surface area contributed by atoms with Crippen molar-refractivity contribution in [2.24, 2.45) is 11.3 Å². The van der Waals surface area contributed by atoms with Crippen molar-refractivity contribution in [2.45, 2.75) is 129 Å². The van der Waals surface area contributed by atoms with Gasteiger partial charge in [0.05, 0.1) is 24.1 Å². The highest BCUT2D eigenvalue weighted by Crippen LogP contribution is 2.58. The SMILES string of the molecule is CC(=O)O[C@@]1([C@@H]2C(C)=C(O)C(=O)C3=C(C)[C@@H](OC(=O)[C@H](O)[C@H](C=C(C)C)NC(=O)OC(C)(C)C)C[C@@](O)([C@H]2OC(=O)c2cccc(F)c2)C3(C)C)CO[C@@H]1CCO. The summed E-state index contributed by atoms with van der Waals surface area (Å²) in [6, 6.07) is 3.17. The van der Waals surface area contributed by atoms with Crippen LogP contribution in [-0.2, 0) is 38.1 Å². The van der Waals surface area contributed by atoms with Gasteiger partial charge in [0.15, 0.2) is 17.5 Å². The molecule has 1 amide bonds. The number of allylic oxidation sites excluding steroid dienone is 2. The molecule has 1 saturated heterocycles. The quantitative estimate of drug-likeness (QED) is 0.121. The van der Waals surface area contributed by atoms with E-state index in [1.807, 2.05) is 0 Å². The zero-order valence-electron chi connectivity index (χ0n) is 33.9. The number of rotatable bonds is 11. The Hall–Kier alpha value is -4.64. The molecular formula is C41H54FNO14. The summed E-state index contributed by atoms with van der Waals surface area (Å²) < 4.78 is 43.3. The fourth-order valence-corrected chi connectivity index (χ4v) is 8.06. The maximum Gasteiger partial charge on any atom is 0.408 e. The van der Waals surface area contributed by atoms with Gasteiger partial charge < -0.3 is 49.4 Å². The number of amides is 1. The number of aliphatic hydroxyl groups is 4. The molecule has 2 aliphatic carbocycles. The summed E-state index contributed by atoms with van der Waals surface area (Å²) in [5.74, 6) is -7.43. The highest BCUT2D eigenvalue weighted by Gasteiger charge is 2.69. The van der Waals surface area contributed by atoms with Crippen LogP contribution in [-0.4, -0.2) is 111 Å². The summed E-state index contributed by atoms with van der Waals surface area (Å²) in [5, 5.41) is 48.7. The van der Waals surface area contributed by atoms with Crippen LogP contribution in [0.15, 0.2) is 58.4 Å². The van der Waals surface area contributed by atoms with Gasteiger partial charge >= 0.3 is 24.0 Å². The summed E-state index contributed by atoms with van der Waals surface area (Å²) in [7, 11) is 0. The van der Waals surface area contributed by atoms with Crippen molar-refractivity contribution in [1.82, 2.24) is 5.32 Å². The van der Waals surface area contributed by atoms with Crippen LogP contribution in [0.1, 0.15) is 92.4 Å². The Kier molecular flexibility index (Phi) is 13.2. The minimum Gasteiger partial charge on any atom is -0.504 e. The Labute approximate surface area is 330 Å². The Bertz CT molecular complexity index is 1870. The predicted octanol–water partition coefficient (Wildman–Crippen LogP) is 4.07. The molecule has 15 nitrogen and oxygen atoms in total. The monoisotopic (exact) mass is 803 g/mol. The summed E-state index contributed by atoms with van der Waals surface area (Å²) in [6.45, 7) is 14.2. The molecule has 314 valence electrons. The number of esters is 3. The van der Waals surface area contributed by atoms with E-state index in [1.54, 1.807) is 34.6 Å².